The Morgan fingerprint density at radius 3 is 2.80 bits per heavy atom. The molecule has 0 radical (unpaired) electrons. The average Bonchev–Trinajstić information content (AvgIpc) is 3.02. The first-order chi connectivity index (χ1) is 12.2. The van der Waals surface area contributed by atoms with E-state index in [2.05, 4.69) is 10.3 Å². The average molecular weight is 332 g/mol. The maximum atomic E-state index is 12.4. The SMILES string of the molecule is Cn1cc(C#N)cc1C(=O)Nc1cccc(OCc2ccncc2)c1. The van der Waals surface area contributed by atoms with Crippen LogP contribution >= 0.6 is 0 Å². The number of rotatable bonds is 5. The summed E-state index contributed by atoms with van der Waals surface area (Å²) in [6, 6.07) is 14.5. The Kier molecular flexibility index (Phi) is 4.77. The number of anilines is 1. The van der Waals surface area contributed by atoms with Crippen molar-refractivity contribution in [1.82, 2.24) is 9.55 Å². The van der Waals surface area contributed by atoms with Crippen molar-refractivity contribution in [3.8, 4) is 11.8 Å². The van der Waals surface area contributed by atoms with Crippen LogP contribution in [0.1, 0.15) is 21.6 Å². The molecule has 2 aromatic heterocycles. The summed E-state index contributed by atoms with van der Waals surface area (Å²) in [5.41, 5.74) is 2.50. The summed E-state index contributed by atoms with van der Waals surface area (Å²) in [5, 5.41) is 11.7. The lowest BCUT2D eigenvalue weighted by Crippen LogP contribution is -2.15. The summed E-state index contributed by atoms with van der Waals surface area (Å²) in [4.78, 5) is 16.3. The molecule has 0 atom stereocenters. The fraction of sp³-hybridized carbons (Fsp3) is 0.105. The third-order valence-electron chi connectivity index (χ3n) is 3.61. The molecule has 3 rings (SSSR count). The third kappa shape index (κ3) is 4.03. The number of nitrogens with zero attached hydrogens (tertiary/aromatic N) is 3. The van der Waals surface area contributed by atoms with Crippen LogP contribution in [0.2, 0.25) is 0 Å². The van der Waals surface area contributed by atoms with E-state index in [0.717, 1.165) is 5.56 Å². The van der Waals surface area contributed by atoms with E-state index >= 15 is 0 Å². The second kappa shape index (κ2) is 7.32. The molecule has 0 aliphatic carbocycles. The zero-order valence-corrected chi connectivity index (χ0v) is 13.6. The van der Waals surface area contributed by atoms with Crippen molar-refractivity contribution >= 4 is 11.6 Å². The van der Waals surface area contributed by atoms with Crippen LogP contribution in [0.15, 0.2) is 61.1 Å². The largest absolute Gasteiger partial charge is 0.489 e. The smallest absolute Gasteiger partial charge is 0.272 e. The van der Waals surface area contributed by atoms with Crippen molar-refractivity contribution in [1.29, 1.82) is 5.26 Å². The summed E-state index contributed by atoms with van der Waals surface area (Å²) in [6.07, 6.45) is 5.04. The van der Waals surface area contributed by atoms with E-state index < -0.39 is 0 Å². The number of hydrogen-bond donors (Lipinski definition) is 1. The van der Waals surface area contributed by atoms with Crippen molar-refractivity contribution in [2.24, 2.45) is 7.05 Å². The molecule has 1 amide bonds. The minimum absolute atomic E-state index is 0.282. The molecular formula is C19H16N4O2. The third-order valence-corrected chi connectivity index (χ3v) is 3.61. The summed E-state index contributed by atoms with van der Waals surface area (Å²) < 4.78 is 7.36. The Morgan fingerprint density at radius 1 is 1.28 bits per heavy atom. The van der Waals surface area contributed by atoms with Gasteiger partial charge in [0.25, 0.3) is 5.91 Å². The fourth-order valence-corrected chi connectivity index (χ4v) is 2.36. The fourth-order valence-electron chi connectivity index (χ4n) is 2.36. The molecule has 2 heterocycles. The number of carbonyl (C=O) groups excluding carboxylic acids is 1. The standard InChI is InChI=1S/C19H16N4O2/c1-23-12-15(11-20)9-18(23)19(24)22-16-3-2-4-17(10-16)25-13-14-5-7-21-8-6-14/h2-10,12H,13H2,1H3,(H,22,24). The highest BCUT2D eigenvalue weighted by molar-refractivity contribution is 6.03. The van der Waals surface area contributed by atoms with Gasteiger partial charge in [-0.05, 0) is 35.9 Å². The van der Waals surface area contributed by atoms with Gasteiger partial charge in [-0.2, -0.15) is 5.26 Å². The molecule has 0 fully saturated rings. The molecule has 124 valence electrons. The maximum absolute atomic E-state index is 12.4. The second-order valence-electron chi connectivity index (χ2n) is 5.46. The van der Waals surface area contributed by atoms with E-state index in [1.807, 2.05) is 30.3 Å². The van der Waals surface area contributed by atoms with E-state index in [1.165, 1.54) is 0 Å². The van der Waals surface area contributed by atoms with Crippen molar-refractivity contribution in [2.45, 2.75) is 6.61 Å². The number of nitrogens with one attached hydrogen (secondary N) is 1. The number of amides is 1. The van der Waals surface area contributed by atoms with Gasteiger partial charge in [0.2, 0.25) is 0 Å². The Hall–Kier alpha value is -3.59. The molecule has 0 saturated carbocycles. The van der Waals surface area contributed by atoms with Gasteiger partial charge in [0.1, 0.15) is 24.1 Å². The highest BCUT2D eigenvalue weighted by Crippen LogP contribution is 2.19. The number of benzene rings is 1. The molecule has 3 aromatic rings. The number of ether oxygens (including phenoxy) is 1. The lowest BCUT2D eigenvalue weighted by Gasteiger charge is -2.09. The van der Waals surface area contributed by atoms with Crippen LogP contribution in [0, 0.1) is 11.3 Å². The first kappa shape index (κ1) is 16.3. The number of carbonyl (C=O) groups is 1. The quantitative estimate of drug-likeness (QED) is 0.778. The summed E-state index contributed by atoms with van der Waals surface area (Å²) in [6.45, 7) is 0.420. The molecule has 0 spiro atoms. The van der Waals surface area contributed by atoms with Gasteiger partial charge in [-0.1, -0.05) is 6.07 Å². The molecule has 6 nitrogen and oxygen atoms in total. The second-order valence-corrected chi connectivity index (χ2v) is 5.46. The highest BCUT2D eigenvalue weighted by Gasteiger charge is 2.12. The molecule has 0 bridgehead atoms. The van der Waals surface area contributed by atoms with E-state index in [9.17, 15) is 4.79 Å². The summed E-state index contributed by atoms with van der Waals surface area (Å²) in [7, 11) is 1.73. The zero-order chi connectivity index (χ0) is 17.6. The highest BCUT2D eigenvalue weighted by atomic mass is 16.5. The predicted molar refractivity (Wildman–Crippen MR) is 93.1 cm³/mol. The normalized spacial score (nSPS) is 10.1. The molecule has 0 aliphatic heterocycles. The van der Waals surface area contributed by atoms with Crippen molar-refractivity contribution in [2.75, 3.05) is 5.32 Å². The maximum Gasteiger partial charge on any atom is 0.272 e. The number of nitriles is 1. The van der Waals surface area contributed by atoms with Gasteiger partial charge in [0.05, 0.1) is 5.56 Å². The van der Waals surface area contributed by atoms with Gasteiger partial charge >= 0.3 is 0 Å². The molecule has 1 N–H and O–H groups in total. The first-order valence-corrected chi connectivity index (χ1v) is 7.65. The Balaban J connectivity index is 1.68. The van der Waals surface area contributed by atoms with Crippen LogP contribution in [0.3, 0.4) is 0 Å². The number of hydrogen-bond acceptors (Lipinski definition) is 4. The van der Waals surface area contributed by atoms with E-state index in [4.69, 9.17) is 10.00 Å². The van der Waals surface area contributed by atoms with Crippen LogP contribution in [0.5, 0.6) is 5.75 Å². The van der Waals surface area contributed by atoms with Crippen molar-refractivity contribution in [3.05, 3.63) is 77.9 Å². The number of aryl methyl sites for hydroxylation is 1. The molecule has 0 aliphatic rings. The monoisotopic (exact) mass is 332 g/mol. The molecule has 1 aromatic carbocycles. The van der Waals surface area contributed by atoms with Crippen LogP contribution in [0.25, 0.3) is 0 Å². The van der Waals surface area contributed by atoms with E-state index in [1.54, 1.807) is 48.4 Å². The molecule has 25 heavy (non-hydrogen) atoms. The molecule has 0 unspecified atom stereocenters. The topological polar surface area (TPSA) is 79.9 Å². The molecule has 6 heteroatoms. The van der Waals surface area contributed by atoms with Gasteiger partial charge in [-0.15, -0.1) is 0 Å². The van der Waals surface area contributed by atoms with Crippen molar-refractivity contribution < 1.29 is 9.53 Å². The molecule has 0 saturated heterocycles. The van der Waals surface area contributed by atoms with Gasteiger partial charge in [-0.3, -0.25) is 9.78 Å². The lowest BCUT2D eigenvalue weighted by molar-refractivity contribution is 0.101. The Morgan fingerprint density at radius 2 is 2.08 bits per heavy atom. The van der Waals surface area contributed by atoms with Crippen LogP contribution in [-0.2, 0) is 13.7 Å². The first-order valence-electron chi connectivity index (χ1n) is 7.65. The lowest BCUT2D eigenvalue weighted by atomic mass is 10.2. The number of pyridine rings is 1. The van der Waals surface area contributed by atoms with Crippen LogP contribution < -0.4 is 10.1 Å². The van der Waals surface area contributed by atoms with Crippen LogP contribution in [0.4, 0.5) is 5.69 Å². The van der Waals surface area contributed by atoms with E-state index in [-0.39, 0.29) is 5.91 Å². The van der Waals surface area contributed by atoms with Gasteiger partial charge in [0, 0.05) is 37.4 Å². The number of aromatic nitrogens is 2. The predicted octanol–water partition coefficient (Wildman–Crippen LogP) is 3.12. The van der Waals surface area contributed by atoms with Gasteiger partial charge in [-0.25, -0.2) is 0 Å². The summed E-state index contributed by atoms with van der Waals surface area (Å²) >= 11 is 0. The minimum atomic E-state index is -0.282. The Bertz CT molecular complexity index is 926. The summed E-state index contributed by atoms with van der Waals surface area (Å²) in [5.74, 6) is 0.370. The van der Waals surface area contributed by atoms with Gasteiger partial charge in [0.15, 0.2) is 0 Å². The zero-order valence-electron chi connectivity index (χ0n) is 13.6. The van der Waals surface area contributed by atoms with Crippen LogP contribution in [-0.4, -0.2) is 15.5 Å². The van der Waals surface area contributed by atoms with E-state index in [0.29, 0.717) is 29.3 Å². The molecular weight excluding hydrogens is 316 g/mol. The Labute approximate surface area is 145 Å². The van der Waals surface area contributed by atoms with Gasteiger partial charge < -0.3 is 14.6 Å². The van der Waals surface area contributed by atoms with Crippen molar-refractivity contribution in [3.63, 3.8) is 0 Å². The minimum Gasteiger partial charge on any atom is -0.489 e.